The Morgan fingerprint density at radius 1 is 1.23 bits per heavy atom. The lowest BCUT2D eigenvalue weighted by molar-refractivity contribution is -0.119. The van der Waals surface area contributed by atoms with Crippen LogP contribution in [0.15, 0.2) is 42.6 Å². The number of carbonyl (C=O) groups excluding carboxylic acids is 2. The topological polar surface area (TPSA) is 65.5 Å². The number of pyridine rings is 1. The number of fused-ring (bicyclic) bond motifs is 2. The minimum atomic E-state index is -0.222. The molecule has 4 rings (SSSR count). The molecule has 134 valence electrons. The maximum atomic E-state index is 13.3. The third-order valence-corrected chi connectivity index (χ3v) is 5.22. The molecule has 1 atom stereocenters. The van der Waals surface area contributed by atoms with Crippen LogP contribution in [0.2, 0.25) is 0 Å². The second kappa shape index (κ2) is 6.88. The second-order valence-corrected chi connectivity index (χ2v) is 6.91. The van der Waals surface area contributed by atoms with Crippen molar-refractivity contribution in [2.75, 3.05) is 23.8 Å². The van der Waals surface area contributed by atoms with Gasteiger partial charge >= 0.3 is 0 Å². The first-order valence-electron chi connectivity index (χ1n) is 9.04. The molecule has 0 spiro atoms. The molecular formula is C20H22N4O2. The fourth-order valence-corrected chi connectivity index (χ4v) is 3.78. The Bertz CT molecular complexity index is 851. The summed E-state index contributed by atoms with van der Waals surface area (Å²) in [5.74, 6) is 0.224. The number of nitrogens with zero attached hydrogens (tertiary/aromatic N) is 3. The lowest BCUT2D eigenvalue weighted by Gasteiger charge is -2.33. The summed E-state index contributed by atoms with van der Waals surface area (Å²) in [5.41, 5.74) is 1.63. The maximum absolute atomic E-state index is 13.3. The molecular weight excluding hydrogens is 328 g/mol. The highest BCUT2D eigenvalue weighted by Gasteiger charge is 2.32. The summed E-state index contributed by atoms with van der Waals surface area (Å²) in [6, 6.07) is 10.9. The summed E-state index contributed by atoms with van der Waals surface area (Å²) in [4.78, 5) is 34.2. The summed E-state index contributed by atoms with van der Waals surface area (Å²) < 4.78 is 0. The first kappa shape index (κ1) is 16.7. The standard InChI is InChI=1S/C20H22N4O2/c1-23-12-5-4-7-14(23)13-18(25)24-17-10-3-2-8-15(17)20(26)22-16-9-6-11-21-19(16)24/h2-3,6,8-11,14H,4-5,7,12-13H2,1H3,(H,22,26). The molecule has 1 unspecified atom stereocenters. The number of aromatic nitrogens is 1. The number of carbonyl (C=O) groups is 2. The number of para-hydroxylation sites is 1. The number of nitrogens with one attached hydrogen (secondary N) is 1. The van der Waals surface area contributed by atoms with Gasteiger partial charge in [-0.2, -0.15) is 0 Å². The molecule has 6 heteroatoms. The molecule has 0 radical (unpaired) electrons. The zero-order valence-corrected chi connectivity index (χ0v) is 14.8. The first-order chi connectivity index (χ1) is 12.6. The SMILES string of the molecule is CN1CCCCC1CC(=O)N1c2ccccc2C(=O)Nc2cccnc21. The number of benzene rings is 1. The minimum absolute atomic E-state index is 0.0346. The first-order valence-corrected chi connectivity index (χ1v) is 9.04. The van der Waals surface area contributed by atoms with Crippen LogP contribution in [0.1, 0.15) is 36.0 Å². The predicted octanol–water partition coefficient (Wildman–Crippen LogP) is 3.19. The number of anilines is 3. The molecule has 3 heterocycles. The number of piperidine rings is 1. The average Bonchev–Trinajstić information content (AvgIpc) is 2.77. The quantitative estimate of drug-likeness (QED) is 0.903. The van der Waals surface area contributed by atoms with Crippen molar-refractivity contribution < 1.29 is 9.59 Å². The molecule has 0 aliphatic carbocycles. The van der Waals surface area contributed by atoms with Gasteiger partial charge in [0.25, 0.3) is 5.91 Å². The van der Waals surface area contributed by atoms with Crippen LogP contribution in [-0.4, -0.2) is 41.3 Å². The Hall–Kier alpha value is -2.73. The van der Waals surface area contributed by atoms with Gasteiger partial charge in [-0.15, -0.1) is 0 Å². The van der Waals surface area contributed by atoms with Crippen LogP contribution in [0.25, 0.3) is 0 Å². The lowest BCUT2D eigenvalue weighted by atomic mass is 9.99. The third-order valence-electron chi connectivity index (χ3n) is 5.22. The van der Waals surface area contributed by atoms with Crippen LogP contribution < -0.4 is 10.2 Å². The normalized spacial score (nSPS) is 20.0. The molecule has 2 aliphatic rings. The maximum Gasteiger partial charge on any atom is 0.257 e. The summed E-state index contributed by atoms with van der Waals surface area (Å²) in [7, 11) is 2.07. The van der Waals surface area contributed by atoms with Crippen molar-refractivity contribution >= 4 is 29.0 Å². The van der Waals surface area contributed by atoms with Crippen molar-refractivity contribution in [3.05, 3.63) is 48.2 Å². The van der Waals surface area contributed by atoms with E-state index < -0.39 is 0 Å². The number of hydrogen-bond acceptors (Lipinski definition) is 4. The Morgan fingerprint density at radius 3 is 2.92 bits per heavy atom. The molecule has 6 nitrogen and oxygen atoms in total. The average molecular weight is 350 g/mol. The van der Waals surface area contributed by atoms with E-state index in [1.165, 1.54) is 6.42 Å². The zero-order valence-electron chi connectivity index (χ0n) is 14.8. The molecule has 2 aromatic rings. The molecule has 1 N–H and O–H groups in total. The minimum Gasteiger partial charge on any atom is -0.319 e. The zero-order chi connectivity index (χ0) is 18.1. The number of likely N-dealkylation sites (tertiary alicyclic amines) is 1. The molecule has 2 amide bonds. The highest BCUT2D eigenvalue weighted by molar-refractivity contribution is 6.17. The van der Waals surface area contributed by atoms with Gasteiger partial charge in [0.05, 0.1) is 16.9 Å². The van der Waals surface area contributed by atoms with Crippen molar-refractivity contribution in [3.8, 4) is 0 Å². The fourth-order valence-electron chi connectivity index (χ4n) is 3.78. The number of rotatable bonds is 2. The van der Waals surface area contributed by atoms with E-state index in [1.54, 1.807) is 41.4 Å². The van der Waals surface area contributed by atoms with Gasteiger partial charge in [0.1, 0.15) is 0 Å². The van der Waals surface area contributed by atoms with Crippen molar-refractivity contribution in [1.82, 2.24) is 9.88 Å². The fraction of sp³-hybridized carbons (Fsp3) is 0.350. The van der Waals surface area contributed by atoms with Gasteiger partial charge in [-0.3, -0.25) is 14.5 Å². The van der Waals surface area contributed by atoms with E-state index in [-0.39, 0.29) is 17.9 Å². The van der Waals surface area contributed by atoms with Gasteiger partial charge in [-0.1, -0.05) is 18.6 Å². The van der Waals surface area contributed by atoms with E-state index >= 15 is 0 Å². The largest absolute Gasteiger partial charge is 0.319 e. The van der Waals surface area contributed by atoms with Crippen molar-refractivity contribution in [3.63, 3.8) is 0 Å². The van der Waals surface area contributed by atoms with E-state index in [1.807, 2.05) is 6.07 Å². The summed E-state index contributed by atoms with van der Waals surface area (Å²) >= 11 is 0. The van der Waals surface area contributed by atoms with Crippen molar-refractivity contribution in [1.29, 1.82) is 0 Å². The van der Waals surface area contributed by atoms with Crippen molar-refractivity contribution in [2.24, 2.45) is 0 Å². The molecule has 2 aliphatic heterocycles. The summed E-state index contributed by atoms with van der Waals surface area (Å²) in [6.45, 7) is 1.02. The smallest absolute Gasteiger partial charge is 0.257 e. The molecule has 1 saturated heterocycles. The number of amides is 2. The van der Waals surface area contributed by atoms with Crippen LogP contribution >= 0.6 is 0 Å². The third kappa shape index (κ3) is 2.97. The van der Waals surface area contributed by atoms with E-state index in [0.717, 1.165) is 19.4 Å². The Kier molecular flexibility index (Phi) is 4.42. The summed E-state index contributed by atoms with van der Waals surface area (Å²) in [5, 5.41) is 2.87. The van der Waals surface area contributed by atoms with Crippen LogP contribution in [0.5, 0.6) is 0 Å². The van der Waals surface area contributed by atoms with E-state index in [4.69, 9.17) is 0 Å². The Balaban J connectivity index is 1.75. The Labute approximate surface area is 152 Å². The molecule has 0 saturated carbocycles. The lowest BCUT2D eigenvalue weighted by Crippen LogP contribution is -2.40. The van der Waals surface area contributed by atoms with Crippen LogP contribution in [-0.2, 0) is 4.79 Å². The van der Waals surface area contributed by atoms with Gasteiger partial charge in [0, 0.05) is 18.7 Å². The number of hydrogen-bond donors (Lipinski definition) is 1. The second-order valence-electron chi connectivity index (χ2n) is 6.91. The molecule has 26 heavy (non-hydrogen) atoms. The predicted molar refractivity (Wildman–Crippen MR) is 101 cm³/mol. The molecule has 1 aromatic carbocycles. The van der Waals surface area contributed by atoms with E-state index in [0.29, 0.717) is 29.2 Å². The van der Waals surface area contributed by atoms with Crippen LogP contribution in [0, 0.1) is 0 Å². The molecule has 1 fully saturated rings. The van der Waals surface area contributed by atoms with Gasteiger partial charge in [-0.05, 0) is 50.7 Å². The Morgan fingerprint density at radius 2 is 2.08 bits per heavy atom. The highest BCUT2D eigenvalue weighted by atomic mass is 16.2. The van der Waals surface area contributed by atoms with Gasteiger partial charge in [-0.25, -0.2) is 4.98 Å². The van der Waals surface area contributed by atoms with Crippen molar-refractivity contribution in [2.45, 2.75) is 31.7 Å². The van der Waals surface area contributed by atoms with Gasteiger partial charge in [0.2, 0.25) is 5.91 Å². The van der Waals surface area contributed by atoms with Gasteiger partial charge < -0.3 is 10.2 Å². The molecule has 1 aromatic heterocycles. The highest BCUT2D eigenvalue weighted by Crippen LogP contribution is 2.37. The van der Waals surface area contributed by atoms with Crippen LogP contribution in [0.3, 0.4) is 0 Å². The monoisotopic (exact) mass is 350 g/mol. The summed E-state index contributed by atoms with van der Waals surface area (Å²) in [6.07, 6.45) is 5.40. The van der Waals surface area contributed by atoms with Crippen LogP contribution in [0.4, 0.5) is 17.2 Å². The molecule has 0 bridgehead atoms. The van der Waals surface area contributed by atoms with E-state index in [9.17, 15) is 9.59 Å². The van der Waals surface area contributed by atoms with E-state index in [2.05, 4.69) is 22.2 Å². The van der Waals surface area contributed by atoms with Gasteiger partial charge in [0.15, 0.2) is 5.82 Å².